The second-order valence-corrected chi connectivity index (χ2v) is 17.7. The number of nitrogens with one attached hydrogen (secondary N) is 2. The van der Waals surface area contributed by atoms with Crippen molar-refractivity contribution >= 4 is 46.6 Å². The van der Waals surface area contributed by atoms with Crippen LogP contribution in [-0.4, -0.2) is 128 Å². The van der Waals surface area contributed by atoms with Crippen LogP contribution in [0.4, 0.5) is 0 Å². The summed E-state index contributed by atoms with van der Waals surface area (Å²) >= 11 is 0. The number of primary amides is 1. The van der Waals surface area contributed by atoms with Crippen molar-refractivity contribution in [2.75, 3.05) is 13.7 Å². The number of phenolic OH excluding ortho intramolecular Hbond substituents is 2. The molecule has 1 saturated heterocycles. The van der Waals surface area contributed by atoms with Gasteiger partial charge in [-0.2, -0.15) is 0 Å². The van der Waals surface area contributed by atoms with Crippen molar-refractivity contribution in [3.05, 3.63) is 51.6 Å². The highest BCUT2D eigenvalue weighted by atomic mass is 16.7. The van der Waals surface area contributed by atoms with E-state index in [1.165, 1.54) is 46.1 Å². The Bertz CT molecular complexity index is 2260. The van der Waals surface area contributed by atoms with E-state index in [-0.39, 0.29) is 53.2 Å². The van der Waals surface area contributed by atoms with Crippen molar-refractivity contribution in [1.82, 2.24) is 10.6 Å². The second-order valence-electron chi connectivity index (χ2n) is 17.7. The molecule has 1 aliphatic heterocycles. The zero-order chi connectivity index (χ0) is 48.4. The monoisotopic (exact) mass is 910 g/mol. The number of carbonyl (C=O) groups excluding carboxylic acids is 8. The van der Waals surface area contributed by atoms with E-state index in [0.717, 1.165) is 0 Å². The fourth-order valence-electron chi connectivity index (χ4n) is 8.79. The number of carbonyl (C=O) groups is 8. The third-order valence-corrected chi connectivity index (χ3v) is 12.3. The lowest BCUT2D eigenvalue weighted by Gasteiger charge is -2.43. The number of benzene rings is 2. The van der Waals surface area contributed by atoms with Crippen LogP contribution in [0, 0.1) is 17.8 Å². The fraction of sp³-hybridized carbons (Fsp3) is 0.556. The number of amides is 3. The molecule has 0 radical (unpaired) electrons. The molecule has 65 heavy (non-hydrogen) atoms. The minimum atomic E-state index is -2.42. The number of hydrogen-bond acceptors (Lipinski definition) is 17. The largest absolute Gasteiger partial charge is 0.507 e. The molecule has 10 atom stereocenters. The maximum absolute atomic E-state index is 14.1. The molecular formula is C45H58N4O16. The maximum Gasteiger partial charge on any atom is 0.237 e. The Morgan fingerprint density at radius 3 is 2.20 bits per heavy atom. The molecule has 0 spiro atoms. The maximum atomic E-state index is 14.1. The number of methoxy groups -OCH3 is 1. The zero-order valence-electron chi connectivity index (χ0n) is 37.0. The van der Waals surface area contributed by atoms with E-state index in [1.807, 2.05) is 0 Å². The van der Waals surface area contributed by atoms with Gasteiger partial charge < -0.3 is 61.8 Å². The van der Waals surface area contributed by atoms with E-state index >= 15 is 0 Å². The molecule has 5 rings (SSSR count). The van der Waals surface area contributed by atoms with Gasteiger partial charge >= 0.3 is 0 Å². The predicted octanol–water partition coefficient (Wildman–Crippen LogP) is 0.0830. The van der Waals surface area contributed by atoms with Crippen LogP contribution in [0.25, 0.3) is 0 Å². The molecule has 20 nitrogen and oxygen atoms in total. The van der Waals surface area contributed by atoms with Crippen LogP contribution in [0.2, 0.25) is 0 Å². The highest BCUT2D eigenvalue weighted by Crippen LogP contribution is 2.52. The number of aromatic hydroxyl groups is 2. The third kappa shape index (κ3) is 10.6. The number of aliphatic hydroxyl groups is 3. The predicted molar refractivity (Wildman–Crippen MR) is 226 cm³/mol. The van der Waals surface area contributed by atoms with Gasteiger partial charge in [0, 0.05) is 55.2 Å². The smallest absolute Gasteiger partial charge is 0.237 e. The molecule has 20 heteroatoms. The first kappa shape index (κ1) is 50.4. The minimum absolute atomic E-state index is 0.0213. The first-order valence-electron chi connectivity index (χ1n) is 21.4. The summed E-state index contributed by atoms with van der Waals surface area (Å²) in [6.07, 6.45) is -8.06. The molecule has 0 bridgehead atoms. The van der Waals surface area contributed by atoms with Crippen molar-refractivity contribution in [2.24, 2.45) is 29.2 Å². The summed E-state index contributed by atoms with van der Waals surface area (Å²) in [7, 11) is 1.28. The molecule has 0 aromatic heterocycles. The number of rotatable bonds is 19. The van der Waals surface area contributed by atoms with Crippen molar-refractivity contribution in [1.29, 1.82) is 0 Å². The molecule has 3 aliphatic rings. The van der Waals surface area contributed by atoms with Crippen LogP contribution >= 0.6 is 0 Å². The van der Waals surface area contributed by atoms with E-state index < -0.39 is 162 Å². The van der Waals surface area contributed by atoms with Crippen molar-refractivity contribution in [2.45, 2.75) is 128 Å². The lowest BCUT2D eigenvalue weighted by Crippen LogP contribution is -2.50. The molecule has 11 N–H and O–H groups in total. The summed E-state index contributed by atoms with van der Waals surface area (Å²) in [4.78, 5) is 106. The number of fused-ring (bicyclic) bond motifs is 3. The Kier molecular flexibility index (Phi) is 15.7. The van der Waals surface area contributed by atoms with Gasteiger partial charge in [-0.1, -0.05) is 26.0 Å². The van der Waals surface area contributed by atoms with Crippen LogP contribution < -0.4 is 26.8 Å². The van der Waals surface area contributed by atoms with E-state index in [2.05, 4.69) is 10.6 Å². The van der Waals surface area contributed by atoms with Crippen molar-refractivity contribution in [3.8, 4) is 17.2 Å². The SMILES string of the molecule is COc1cccc2c1C(=O)c1c(O)c3c(c(O)c1C2=O)C[C@@](O)(C(=O)CO)C[C@@H]3O[C@H]1C[C@H](CC(=O)C(CC(C)C)NC(=O)[C@H](CC(N)=O)CC(=O)[C@H](C)NC(=O)[C@H](C)N)[C@H](O)[C@H](C)O1. The molecule has 354 valence electrons. The molecule has 2 aliphatic carbocycles. The molecule has 1 unspecified atom stereocenters. The lowest BCUT2D eigenvalue weighted by molar-refractivity contribution is -0.257. The van der Waals surface area contributed by atoms with E-state index in [1.54, 1.807) is 13.8 Å². The normalized spacial score (nSPS) is 24.4. The van der Waals surface area contributed by atoms with Gasteiger partial charge in [0.05, 0.1) is 66.2 Å². The van der Waals surface area contributed by atoms with Crippen molar-refractivity contribution in [3.63, 3.8) is 0 Å². The van der Waals surface area contributed by atoms with Crippen molar-refractivity contribution < 1.29 is 78.1 Å². The van der Waals surface area contributed by atoms with Gasteiger partial charge in [-0.3, -0.25) is 38.4 Å². The summed E-state index contributed by atoms with van der Waals surface area (Å²) in [5.41, 5.74) is 6.57. The lowest BCUT2D eigenvalue weighted by atomic mass is 9.72. The molecule has 2 aromatic rings. The number of ether oxygens (including phenoxy) is 3. The Balaban J connectivity index is 1.42. The highest BCUT2D eigenvalue weighted by molar-refractivity contribution is 6.31. The summed E-state index contributed by atoms with van der Waals surface area (Å²) < 4.78 is 17.6. The van der Waals surface area contributed by atoms with Crippen LogP contribution in [0.1, 0.15) is 122 Å². The quantitative estimate of drug-likeness (QED) is 0.0719. The second kappa shape index (κ2) is 20.3. The first-order chi connectivity index (χ1) is 30.4. The van der Waals surface area contributed by atoms with Crippen LogP contribution in [0.3, 0.4) is 0 Å². The molecular weight excluding hydrogens is 853 g/mol. The van der Waals surface area contributed by atoms with Gasteiger partial charge in [0.15, 0.2) is 29.4 Å². The van der Waals surface area contributed by atoms with Gasteiger partial charge in [-0.05, 0) is 45.1 Å². The van der Waals surface area contributed by atoms with Crippen LogP contribution in [0.15, 0.2) is 18.2 Å². The summed E-state index contributed by atoms with van der Waals surface area (Å²) in [5, 5.41) is 61.5. The number of ketones is 5. The van der Waals surface area contributed by atoms with Gasteiger partial charge in [-0.15, -0.1) is 0 Å². The Labute approximate surface area is 374 Å². The molecule has 1 heterocycles. The fourth-order valence-corrected chi connectivity index (χ4v) is 8.79. The topological polar surface area (TPSA) is 342 Å². The zero-order valence-corrected chi connectivity index (χ0v) is 37.0. The van der Waals surface area contributed by atoms with Gasteiger partial charge in [0.1, 0.15) is 29.5 Å². The summed E-state index contributed by atoms with van der Waals surface area (Å²) in [5.74, 6) is -10.2. The average Bonchev–Trinajstić information content (AvgIpc) is 3.23. The number of nitrogens with two attached hydrogens (primary N) is 2. The third-order valence-electron chi connectivity index (χ3n) is 12.3. The van der Waals surface area contributed by atoms with E-state index in [9.17, 15) is 63.9 Å². The number of phenols is 2. The Morgan fingerprint density at radius 2 is 1.60 bits per heavy atom. The van der Waals surface area contributed by atoms with Gasteiger partial charge in [0.2, 0.25) is 23.5 Å². The highest BCUT2D eigenvalue weighted by Gasteiger charge is 2.50. The number of aliphatic hydroxyl groups excluding tert-OH is 2. The minimum Gasteiger partial charge on any atom is -0.507 e. The molecule has 1 fully saturated rings. The Morgan fingerprint density at radius 1 is 0.938 bits per heavy atom. The number of hydrogen-bond donors (Lipinski definition) is 9. The van der Waals surface area contributed by atoms with Crippen LogP contribution in [-0.2, 0) is 44.7 Å². The van der Waals surface area contributed by atoms with Gasteiger partial charge in [0.25, 0.3) is 0 Å². The molecule has 3 amide bonds. The van der Waals surface area contributed by atoms with E-state index in [4.69, 9.17) is 25.7 Å². The molecule has 2 aromatic carbocycles. The molecule has 0 saturated carbocycles. The van der Waals surface area contributed by atoms with E-state index in [0.29, 0.717) is 0 Å². The Hall–Kier alpha value is -5.64. The van der Waals surface area contributed by atoms with Gasteiger partial charge in [-0.25, -0.2) is 0 Å². The number of Topliss-reactive ketones (excluding diaryl/α,β-unsaturated/α-hetero) is 3. The summed E-state index contributed by atoms with van der Waals surface area (Å²) in [6.45, 7) is 6.76. The first-order valence-corrected chi connectivity index (χ1v) is 21.4. The average molecular weight is 911 g/mol. The van der Waals surface area contributed by atoms with Crippen LogP contribution in [0.5, 0.6) is 17.2 Å². The standard InChI is InChI=1S/C45H58N4O16/c1-18(2)10-26(49-44(61)23(13-32(47)54)12-27(51)20(4)48-43(60)19(3)46)28(52)11-22-14-33(64-21(5)38(22)55)65-30-16-45(62,31(53)17-50)15-25-35(30)42(59)37-36(40(25)57)39(56)24-8-7-9-29(63-6)34(24)41(37)58/h7-9,18-23,26,30,33,38,50,55,57,59,62H,10-17,46H2,1-6H3,(H2,47,54)(H,48,60)(H,49,61)/t19-,20-,21-,22-,23-,26?,30-,33-,38+,45-/m0/s1. The summed E-state index contributed by atoms with van der Waals surface area (Å²) in [6, 6.07) is 1.08.